The average Bonchev–Trinajstić information content (AvgIpc) is 3.27. The molecule has 0 aliphatic heterocycles. The van der Waals surface area contributed by atoms with Crippen molar-refractivity contribution in [2.45, 2.75) is 20.4 Å². The predicted octanol–water partition coefficient (Wildman–Crippen LogP) is 4.40. The Labute approximate surface area is 180 Å². The molecule has 4 rings (SSSR count). The van der Waals surface area contributed by atoms with Crippen LogP contribution in [-0.4, -0.2) is 45.6 Å². The van der Waals surface area contributed by atoms with Crippen molar-refractivity contribution in [2.24, 2.45) is 0 Å². The van der Waals surface area contributed by atoms with Crippen LogP contribution in [0.3, 0.4) is 0 Å². The molecule has 0 spiro atoms. The van der Waals surface area contributed by atoms with Gasteiger partial charge in [-0.2, -0.15) is 0 Å². The van der Waals surface area contributed by atoms with Crippen molar-refractivity contribution in [3.63, 3.8) is 0 Å². The first-order valence-corrected chi connectivity index (χ1v) is 10.2. The number of hydrogen-bond donors (Lipinski definition) is 1. The minimum absolute atomic E-state index is 0.187. The molecule has 0 aliphatic rings. The molecule has 31 heavy (non-hydrogen) atoms. The van der Waals surface area contributed by atoms with E-state index in [2.05, 4.69) is 19.8 Å². The Balaban J connectivity index is 1.56. The lowest BCUT2D eigenvalue weighted by Crippen LogP contribution is -2.17. The molecule has 4 aromatic rings. The van der Waals surface area contributed by atoms with E-state index in [0.29, 0.717) is 11.3 Å². The molecule has 0 unspecified atom stereocenters. The third kappa shape index (κ3) is 4.22. The standard InChI is InChI=1S/C24H26FN5O/c1-16-13-21(17(2)30(16)20-8-5-18(25)6-9-20)24(31)27-19-7-10-23-22(14-19)26-15-29(23)12-11-28(3)4/h5-10,13-15H,11-12H2,1-4H3,(H,27,31). The minimum Gasteiger partial charge on any atom is -0.329 e. The monoisotopic (exact) mass is 419 g/mol. The molecule has 1 N–H and O–H groups in total. The van der Waals surface area contributed by atoms with Crippen molar-refractivity contribution in [3.8, 4) is 5.69 Å². The second-order valence-corrected chi connectivity index (χ2v) is 8.00. The van der Waals surface area contributed by atoms with Gasteiger partial charge in [0, 0.05) is 35.9 Å². The van der Waals surface area contributed by atoms with Gasteiger partial charge in [0.25, 0.3) is 5.91 Å². The van der Waals surface area contributed by atoms with Crippen molar-refractivity contribution in [3.05, 3.63) is 77.6 Å². The maximum atomic E-state index is 13.3. The highest BCUT2D eigenvalue weighted by molar-refractivity contribution is 6.06. The van der Waals surface area contributed by atoms with E-state index >= 15 is 0 Å². The van der Waals surface area contributed by atoms with Gasteiger partial charge in [-0.05, 0) is 76.5 Å². The molecule has 0 radical (unpaired) electrons. The second kappa shape index (κ2) is 8.35. The number of nitrogens with one attached hydrogen (secondary N) is 1. The highest BCUT2D eigenvalue weighted by atomic mass is 19.1. The predicted molar refractivity (Wildman–Crippen MR) is 121 cm³/mol. The Kier molecular flexibility index (Phi) is 5.61. The van der Waals surface area contributed by atoms with Gasteiger partial charge in [0.2, 0.25) is 0 Å². The molecule has 2 aromatic carbocycles. The fourth-order valence-electron chi connectivity index (χ4n) is 3.81. The van der Waals surface area contributed by atoms with Crippen molar-refractivity contribution < 1.29 is 9.18 Å². The summed E-state index contributed by atoms with van der Waals surface area (Å²) in [5.41, 5.74) is 5.68. The molecule has 0 saturated heterocycles. The lowest BCUT2D eigenvalue weighted by molar-refractivity contribution is 0.102. The number of nitrogens with zero attached hydrogens (tertiary/aromatic N) is 4. The second-order valence-electron chi connectivity index (χ2n) is 8.00. The summed E-state index contributed by atoms with van der Waals surface area (Å²) < 4.78 is 17.3. The number of likely N-dealkylation sites (N-methyl/N-ethyl adjacent to an activating group) is 1. The Morgan fingerprint density at radius 1 is 1.10 bits per heavy atom. The lowest BCUT2D eigenvalue weighted by atomic mass is 10.2. The molecule has 2 aromatic heterocycles. The van der Waals surface area contributed by atoms with E-state index in [1.165, 1.54) is 12.1 Å². The first-order valence-electron chi connectivity index (χ1n) is 10.2. The number of aryl methyl sites for hydroxylation is 1. The zero-order valence-corrected chi connectivity index (χ0v) is 18.2. The van der Waals surface area contributed by atoms with Crippen molar-refractivity contribution in [2.75, 3.05) is 26.0 Å². The summed E-state index contributed by atoms with van der Waals surface area (Å²) in [4.78, 5) is 19.6. The minimum atomic E-state index is -0.288. The zero-order valence-electron chi connectivity index (χ0n) is 18.2. The number of benzene rings is 2. The number of rotatable bonds is 6. The van der Waals surface area contributed by atoms with Gasteiger partial charge in [0.05, 0.1) is 22.9 Å². The number of carbonyl (C=O) groups excluding carboxylic acids is 1. The van der Waals surface area contributed by atoms with Crippen LogP contribution in [0.1, 0.15) is 21.7 Å². The van der Waals surface area contributed by atoms with Crippen LogP contribution in [0, 0.1) is 19.7 Å². The number of hydrogen-bond acceptors (Lipinski definition) is 3. The maximum Gasteiger partial charge on any atom is 0.257 e. The number of halogens is 1. The van der Waals surface area contributed by atoms with Gasteiger partial charge in [-0.25, -0.2) is 9.37 Å². The molecular formula is C24H26FN5O. The molecule has 160 valence electrons. The number of imidazole rings is 1. The third-order valence-corrected chi connectivity index (χ3v) is 5.43. The van der Waals surface area contributed by atoms with Gasteiger partial charge >= 0.3 is 0 Å². The maximum absolute atomic E-state index is 13.3. The van der Waals surface area contributed by atoms with Crippen molar-refractivity contribution >= 4 is 22.6 Å². The first-order chi connectivity index (χ1) is 14.8. The molecule has 0 bridgehead atoms. The first kappa shape index (κ1) is 20.8. The number of fused-ring (bicyclic) bond motifs is 1. The summed E-state index contributed by atoms with van der Waals surface area (Å²) in [5.74, 6) is -0.475. The van der Waals surface area contributed by atoms with Gasteiger partial charge in [-0.3, -0.25) is 4.79 Å². The fourth-order valence-corrected chi connectivity index (χ4v) is 3.81. The lowest BCUT2D eigenvalue weighted by Gasteiger charge is -2.11. The summed E-state index contributed by atoms with van der Waals surface area (Å²) in [7, 11) is 4.08. The van der Waals surface area contributed by atoms with Crippen molar-refractivity contribution in [1.29, 1.82) is 0 Å². The van der Waals surface area contributed by atoms with Crippen LogP contribution in [0.25, 0.3) is 16.7 Å². The van der Waals surface area contributed by atoms with E-state index in [-0.39, 0.29) is 11.7 Å². The van der Waals surface area contributed by atoms with Crippen LogP contribution in [0.15, 0.2) is 54.9 Å². The normalized spacial score (nSPS) is 11.4. The van der Waals surface area contributed by atoms with E-state index in [4.69, 9.17) is 0 Å². The Bertz CT molecular complexity index is 1240. The molecule has 0 fully saturated rings. The summed E-state index contributed by atoms with van der Waals surface area (Å²) >= 11 is 0. The Morgan fingerprint density at radius 3 is 2.55 bits per heavy atom. The van der Waals surface area contributed by atoms with Gasteiger partial charge < -0.3 is 19.4 Å². The number of carbonyl (C=O) groups is 1. The summed E-state index contributed by atoms with van der Waals surface area (Å²) in [6.07, 6.45) is 1.83. The van der Waals surface area contributed by atoms with Gasteiger partial charge in [0.1, 0.15) is 5.82 Å². The number of anilines is 1. The summed E-state index contributed by atoms with van der Waals surface area (Å²) in [5, 5.41) is 2.98. The highest BCUT2D eigenvalue weighted by Crippen LogP contribution is 2.23. The molecule has 0 atom stereocenters. The molecule has 1 amide bonds. The van der Waals surface area contributed by atoms with Crippen LogP contribution in [0.2, 0.25) is 0 Å². The smallest absolute Gasteiger partial charge is 0.257 e. The van der Waals surface area contributed by atoms with E-state index in [1.807, 2.05) is 63.1 Å². The number of amides is 1. The topological polar surface area (TPSA) is 55.1 Å². The van der Waals surface area contributed by atoms with E-state index < -0.39 is 0 Å². The number of aromatic nitrogens is 3. The fraction of sp³-hybridized carbons (Fsp3) is 0.250. The van der Waals surface area contributed by atoms with Crippen LogP contribution >= 0.6 is 0 Å². The molecule has 6 nitrogen and oxygen atoms in total. The Hall–Kier alpha value is -3.45. The van der Waals surface area contributed by atoms with Crippen LogP contribution in [0.5, 0.6) is 0 Å². The molecule has 2 heterocycles. The SMILES string of the molecule is Cc1cc(C(=O)Nc2ccc3c(c2)ncn3CCN(C)C)c(C)n1-c1ccc(F)cc1. The highest BCUT2D eigenvalue weighted by Gasteiger charge is 2.17. The summed E-state index contributed by atoms with van der Waals surface area (Å²) in [6.45, 7) is 5.60. The van der Waals surface area contributed by atoms with Gasteiger partial charge in [-0.15, -0.1) is 0 Å². The third-order valence-electron chi connectivity index (χ3n) is 5.43. The molecule has 0 aliphatic carbocycles. The molecule has 0 saturated carbocycles. The van der Waals surface area contributed by atoms with E-state index in [9.17, 15) is 9.18 Å². The average molecular weight is 420 g/mol. The Morgan fingerprint density at radius 2 is 1.84 bits per heavy atom. The van der Waals surface area contributed by atoms with Crippen LogP contribution in [0.4, 0.5) is 10.1 Å². The van der Waals surface area contributed by atoms with Gasteiger partial charge in [0.15, 0.2) is 0 Å². The van der Waals surface area contributed by atoms with E-state index in [0.717, 1.165) is 41.2 Å². The largest absolute Gasteiger partial charge is 0.329 e. The van der Waals surface area contributed by atoms with Crippen LogP contribution in [-0.2, 0) is 6.54 Å². The van der Waals surface area contributed by atoms with E-state index in [1.54, 1.807) is 12.1 Å². The summed E-state index contributed by atoms with van der Waals surface area (Å²) in [6, 6.07) is 13.9. The van der Waals surface area contributed by atoms with Crippen LogP contribution < -0.4 is 5.32 Å². The van der Waals surface area contributed by atoms with Crippen molar-refractivity contribution in [1.82, 2.24) is 19.0 Å². The molecular weight excluding hydrogens is 393 g/mol. The zero-order chi connectivity index (χ0) is 22.1. The van der Waals surface area contributed by atoms with Gasteiger partial charge in [-0.1, -0.05) is 0 Å². The molecule has 7 heteroatoms. The quantitative estimate of drug-likeness (QED) is 0.504.